The fraction of sp³-hybridized carbons (Fsp3) is 0.167. The number of nitrogens with zero attached hydrogens (tertiary/aromatic N) is 2. The highest BCUT2D eigenvalue weighted by molar-refractivity contribution is 5.38. The summed E-state index contributed by atoms with van der Waals surface area (Å²) in [6.45, 7) is 2.53. The molecule has 1 heterocycles. The maximum atomic E-state index is 11.6. The van der Waals surface area contributed by atoms with Gasteiger partial charge in [-0.15, -0.1) is 0 Å². The highest BCUT2D eigenvalue weighted by Gasteiger charge is 2.01. The van der Waals surface area contributed by atoms with Gasteiger partial charge >= 0.3 is 0 Å². The van der Waals surface area contributed by atoms with Gasteiger partial charge in [-0.05, 0) is 31.2 Å². The monoisotopic (exact) mass is 231 g/mol. The van der Waals surface area contributed by atoms with E-state index >= 15 is 0 Å². The summed E-state index contributed by atoms with van der Waals surface area (Å²) in [6, 6.07) is 8.47. The normalized spacial score (nSPS) is 10.2. The van der Waals surface area contributed by atoms with E-state index in [1.54, 1.807) is 24.3 Å². The van der Waals surface area contributed by atoms with E-state index in [-0.39, 0.29) is 5.56 Å². The van der Waals surface area contributed by atoms with Gasteiger partial charge in [0.2, 0.25) is 0 Å². The van der Waals surface area contributed by atoms with Crippen LogP contribution in [0, 0.1) is 0 Å². The Kier molecular flexibility index (Phi) is 3.09. The Morgan fingerprint density at radius 3 is 2.65 bits per heavy atom. The molecular weight excluding hydrogens is 218 g/mol. The number of rotatable bonds is 3. The Labute approximate surface area is 98.5 Å². The molecule has 0 unspecified atom stereocenters. The summed E-state index contributed by atoms with van der Waals surface area (Å²) in [7, 11) is 0. The van der Waals surface area contributed by atoms with Crippen LogP contribution < -0.4 is 16.0 Å². The lowest BCUT2D eigenvalue weighted by Gasteiger charge is -2.06. The lowest BCUT2D eigenvalue weighted by atomic mass is 10.3. The molecule has 2 aromatic rings. The van der Waals surface area contributed by atoms with E-state index in [4.69, 9.17) is 10.5 Å². The first kappa shape index (κ1) is 11.2. The van der Waals surface area contributed by atoms with Crippen molar-refractivity contribution in [3.05, 3.63) is 46.9 Å². The molecule has 0 aliphatic rings. The molecule has 0 aliphatic carbocycles. The Morgan fingerprint density at radius 1 is 1.35 bits per heavy atom. The maximum absolute atomic E-state index is 11.6. The number of ether oxygens (including phenoxy) is 1. The minimum atomic E-state index is -0.255. The molecule has 0 saturated carbocycles. The van der Waals surface area contributed by atoms with Crippen LogP contribution in [0.4, 0.5) is 5.69 Å². The fourth-order valence-corrected chi connectivity index (χ4v) is 1.47. The van der Waals surface area contributed by atoms with Crippen LogP contribution in [0.1, 0.15) is 6.92 Å². The standard InChI is InChI=1S/C12H13N3O2/c1-2-17-11-5-3-10(4-6-11)15-12(16)7-9(13)8-14-15/h3-8H,2,13H2,1H3. The molecule has 88 valence electrons. The van der Waals surface area contributed by atoms with Crippen LogP contribution in [0.25, 0.3) is 5.69 Å². The quantitative estimate of drug-likeness (QED) is 0.862. The zero-order valence-electron chi connectivity index (χ0n) is 9.46. The van der Waals surface area contributed by atoms with E-state index in [2.05, 4.69) is 5.10 Å². The van der Waals surface area contributed by atoms with Crippen molar-refractivity contribution in [3.63, 3.8) is 0 Å². The highest BCUT2D eigenvalue weighted by Crippen LogP contribution is 2.13. The molecule has 17 heavy (non-hydrogen) atoms. The average molecular weight is 231 g/mol. The topological polar surface area (TPSA) is 70.1 Å². The molecule has 0 spiro atoms. The Hall–Kier alpha value is -2.30. The van der Waals surface area contributed by atoms with Crippen molar-refractivity contribution in [1.29, 1.82) is 0 Å². The van der Waals surface area contributed by atoms with Gasteiger partial charge in [0.25, 0.3) is 5.56 Å². The molecule has 2 N–H and O–H groups in total. The predicted molar refractivity (Wildman–Crippen MR) is 65.4 cm³/mol. The number of benzene rings is 1. The van der Waals surface area contributed by atoms with Gasteiger partial charge in [0, 0.05) is 6.07 Å². The number of nitrogens with two attached hydrogens (primary N) is 1. The third-order valence-corrected chi connectivity index (χ3v) is 2.21. The molecule has 0 fully saturated rings. The average Bonchev–Trinajstić information content (AvgIpc) is 2.31. The van der Waals surface area contributed by atoms with Crippen LogP contribution >= 0.6 is 0 Å². The van der Waals surface area contributed by atoms with Gasteiger partial charge in [0.05, 0.1) is 24.2 Å². The van der Waals surface area contributed by atoms with Crippen LogP contribution in [0.5, 0.6) is 5.75 Å². The summed E-state index contributed by atoms with van der Waals surface area (Å²) in [5.74, 6) is 0.764. The van der Waals surface area contributed by atoms with E-state index in [9.17, 15) is 4.79 Å². The molecule has 0 saturated heterocycles. The number of aromatic nitrogens is 2. The van der Waals surface area contributed by atoms with Gasteiger partial charge in [0.1, 0.15) is 5.75 Å². The molecule has 0 atom stereocenters. The van der Waals surface area contributed by atoms with Crippen molar-refractivity contribution < 1.29 is 4.74 Å². The van der Waals surface area contributed by atoms with Crippen LogP contribution in [0.3, 0.4) is 0 Å². The van der Waals surface area contributed by atoms with Crippen molar-refractivity contribution >= 4 is 5.69 Å². The summed E-state index contributed by atoms with van der Waals surface area (Å²) in [5, 5.41) is 3.96. The molecule has 5 nitrogen and oxygen atoms in total. The van der Waals surface area contributed by atoms with E-state index in [1.807, 2.05) is 6.92 Å². The lowest BCUT2D eigenvalue weighted by molar-refractivity contribution is 0.340. The maximum Gasteiger partial charge on any atom is 0.273 e. The largest absolute Gasteiger partial charge is 0.494 e. The zero-order chi connectivity index (χ0) is 12.3. The van der Waals surface area contributed by atoms with Crippen molar-refractivity contribution in [3.8, 4) is 11.4 Å². The van der Waals surface area contributed by atoms with Crippen LogP contribution in [0.15, 0.2) is 41.3 Å². The first-order chi connectivity index (χ1) is 8.20. The summed E-state index contributed by atoms with van der Waals surface area (Å²) in [6.07, 6.45) is 1.44. The molecule has 1 aromatic heterocycles. The van der Waals surface area contributed by atoms with Crippen LogP contribution in [-0.4, -0.2) is 16.4 Å². The van der Waals surface area contributed by atoms with E-state index in [0.717, 1.165) is 5.75 Å². The third-order valence-electron chi connectivity index (χ3n) is 2.21. The minimum Gasteiger partial charge on any atom is -0.494 e. The highest BCUT2D eigenvalue weighted by atomic mass is 16.5. The molecule has 0 bridgehead atoms. The second kappa shape index (κ2) is 4.69. The Bertz CT molecular complexity index is 561. The van der Waals surface area contributed by atoms with E-state index < -0.39 is 0 Å². The molecular formula is C12H13N3O2. The third kappa shape index (κ3) is 2.44. The predicted octanol–water partition coefficient (Wildman–Crippen LogP) is 1.21. The van der Waals surface area contributed by atoms with Crippen LogP contribution in [0.2, 0.25) is 0 Å². The number of hydrogen-bond acceptors (Lipinski definition) is 4. The molecule has 1 aromatic carbocycles. The summed E-state index contributed by atoms with van der Waals surface area (Å²) in [5.41, 5.74) is 6.26. The van der Waals surface area contributed by atoms with Crippen molar-refractivity contribution in [2.24, 2.45) is 0 Å². The number of nitrogen functional groups attached to an aromatic ring is 1. The van der Waals surface area contributed by atoms with Gasteiger partial charge in [-0.3, -0.25) is 4.79 Å². The lowest BCUT2D eigenvalue weighted by Crippen LogP contribution is -2.20. The molecule has 5 heteroatoms. The van der Waals surface area contributed by atoms with Gasteiger partial charge in [-0.25, -0.2) is 0 Å². The first-order valence-electron chi connectivity index (χ1n) is 5.29. The Balaban J connectivity index is 2.36. The minimum absolute atomic E-state index is 0.255. The first-order valence-corrected chi connectivity index (χ1v) is 5.29. The fourth-order valence-electron chi connectivity index (χ4n) is 1.47. The van der Waals surface area contributed by atoms with Gasteiger partial charge in [-0.2, -0.15) is 9.78 Å². The Morgan fingerprint density at radius 2 is 2.06 bits per heavy atom. The zero-order valence-corrected chi connectivity index (χ0v) is 9.46. The molecule has 0 amide bonds. The molecule has 0 aliphatic heterocycles. The number of hydrogen-bond donors (Lipinski definition) is 1. The second-order valence-electron chi connectivity index (χ2n) is 3.47. The van der Waals surface area contributed by atoms with Crippen LogP contribution in [-0.2, 0) is 0 Å². The SMILES string of the molecule is CCOc1ccc(-n2ncc(N)cc2=O)cc1. The second-order valence-corrected chi connectivity index (χ2v) is 3.47. The van der Waals surface area contributed by atoms with Crippen molar-refractivity contribution in [2.75, 3.05) is 12.3 Å². The molecule has 2 rings (SSSR count). The summed E-state index contributed by atoms with van der Waals surface area (Å²) < 4.78 is 6.60. The summed E-state index contributed by atoms with van der Waals surface area (Å²) in [4.78, 5) is 11.6. The van der Waals surface area contributed by atoms with Crippen molar-refractivity contribution in [1.82, 2.24) is 9.78 Å². The van der Waals surface area contributed by atoms with Gasteiger partial charge < -0.3 is 10.5 Å². The van der Waals surface area contributed by atoms with Gasteiger partial charge in [0.15, 0.2) is 0 Å². The smallest absolute Gasteiger partial charge is 0.273 e. The van der Waals surface area contributed by atoms with E-state index in [1.165, 1.54) is 16.9 Å². The molecule has 0 radical (unpaired) electrons. The van der Waals surface area contributed by atoms with Gasteiger partial charge in [-0.1, -0.05) is 0 Å². The number of anilines is 1. The van der Waals surface area contributed by atoms with Crippen molar-refractivity contribution in [2.45, 2.75) is 6.92 Å². The summed E-state index contributed by atoms with van der Waals surface area (Å²) >= 11 is 0. The van der Waals surface area contributed by atoms with E-state index in [0.29, 0.717) is 18.0 Å².